The quantitative estimate of drug-likeness (QED) is 0.741. The number of aromatic nitrogens is 1. The van der Waals surface area contributed by atoms with E-state index < -0.39 is 0 Å². The van der Waals surface area contributed by atoms with Crippen molar-refractivity contribution in [2.75, 3.05) is 7.11 Å². The molecule has 3 nitrogen and oxygen atoms in total. The second-order valence-corrected chi connectivity index (χ2v) is 3.42. The molecule has 0 saturated carbocycles. The fourth-order valence-electron chi connectivity index (χ4n) is 0.841. The van der Waals surface area contributed by atoms with E-state index in [2.05, 4.69) is 4.98 Å². The Balaban J connectivity index is 2.79. The molecular formula is C7H12N2OS. The molecule has 0 aliphatic rings. The van der Waals surface area contributed by atoms with Crippen molar-refractivity contribution < 1.29 is 4.74 Å². The van der Waals surface area contributed by atoms with Gasteiger partial charge in [-0.3, -0.25) is 0 Å². The van der Waals surface area contributed by atoms with Crippen LogP contribution in [0.1, 0.15) is 15.6 Å². The monoisotopic (exact) mass is 172 g/mol. The van der Waals surface area contributed by atoms with Crippen LogP contribution in [0.2, 0.25) is 0 Å². The molecule has 1 aromatic rings. The maximum atomic E-state index is 5.44. The molecule has 0 aromatic carbocycles. The van der Waals surface area contributed by atoms with Crippen molar-refractivity contribution in [2.45, 2.75) is 20.1 Å². The summed E-state index contributed by atoms with van der Waals surface area (Å²) in [5.41, 5.74) is 6.47. The van der Waals surface area contributed by atoms with Crippen LogP contribution in [0.15, 0.2) is 0 Å². The molecule has 0 saturated heterocycles. The van der Waals surface area contributed by atoms with E-state index in [1.54, 1.807) is 18.4 Å². The second kappa shape index (κ2) is 3.80. The first-order chi connectivity index (χ1) is 5.27. The van der Waals surface area contributed by atoms with Gasteiger partial charge < -0.3 is 10.5 Å². The van der Waals surface area contributed by atoms with Gasteiger partial charge in [-0.05, 0) is 6.92 Å². The average molecular weight is 172 g/mol. The zero-order valence-corrected chi connectivity index (χ0v) is 7.57. The van der Waals surface area contributed by atoms with Crippen LogP contribution < -0.4 is 5.73 Å². The summed E-state index contributed by atoms with van der Waals surface area (Å²) in [7, 11) is 1.68. The van der Waals surface area contributed by atoms with Crippen LogP contribution in [-0.4, -0.2) is 12.1 Å². The van der Waals surface area contributed by atoms with Crippen molar-refractivity contribution >= 4 is 11.3 Å². The number of rotatable bonds is 3. The van der Waals surface area contributed by atoms with Gasteiger partial charge in [0.25, 0.3) is 0 Å². The first-order valence-corrected chi connectivity index (χ1v) is 4.23. The molecule has 62 valence electrons. The largest absolute Gasteiger partial charge is 0.379 e. The molecule has 0 bridgehead atoms. The average Bonchev–Trinajstić information content (AvgIpc) is 2.33. The van der Waals surface area contributed by atoms with Crippen molar-refractivity contribution in [2.24, 2.45) is 5.73 Å². The molecule has 0 amide bonds. The molecule has 1 heterocycles. The van der Waals surface area contributed by atoms with Crippen molar-refractivity contribution in [1.29, 1.82) is 0 Å². The van der Waals surface area contributed by atoms with Gasteiger partial charge in [0, 0.05) is 13.7 Å². The predicted molar refractivity (Wildman–Crippen MR) is 45.5 cm³/mol. The lowest BCUT2D eigenvalue weighted by Gasteiger charge is -1.92. The van der Waals surface area contributed by atoms with Crippen LogP contribution in [0.4, 0.5) is 0 Å². The minimum atomic E-state index is 0.523. The van der Waals surface area contributed by atoms with Gasteiger partial charge in [0.1, 0.15) is 5.01 Å². The standard InChI is InChI=1S/C7H12N2OS/c1-5-6(4-10-2)11-7(3-8)9-5/h3-4,8H2,1-2H3. The minimum Gasteiger partial charge on any atom is -0.379 e. The van der Waals surface area contributed by atoms with E-state index in [9.17, 15) is 0 Å². The molecule has 11 heavy (non-hydrogen) atoms. The van der Waals surface area contributed by atoms with Crippen molar-refractivity contribution in [1.82, 2.24) is 4.98 Å². The van der Waals surface area contributed by atoms with Gasteiger partial charge in [-0.25, -0.2) is 4.98 Å². The molecule has 0 aliphatic carbocycles. The lowest BCUT2D eigenvalue weighted by Crippen LogP contribution is -1.94. The molecule has 0 spiro atoms. The maximum Gasteiger partial charge on any atom is 0.107 e. The van der Waals surface area contributed by atoms with Crippen molar-refractivity contribution in [3.8, 4) is 0 Å². The zero-order chi connectivity index (χ0) is 8.27. The number of hydrogen-bond acceptors (Lipinski definition) is 4. The highest BCUT2D eigenvalue weighted by Crippen LogP contribution is 2.17. The maximum absolute atomic E-state index is 5.44. The Bertz CT molecular complexity index is 234. The van der Waals surface area contributed by atoms with E-state index in [0.717, 1.165) is 10.7 Å². The van der Waals surface area contributed by atoms with E-state index in [-0.39, 0.29) is 0 Å². The third-order valence-corrected chi connectivity index (χ3v) is 2.54. The summed E-state index contributed by atoms with van der Waals surface area (Å²) in [5, 5.41) is 0.981. The molecule has 0 unspecified atom stereocenters. The highest BCUT2D eigenvalue weighted by Gasteiger charge is 2.04. The third kappa shape index (κ3) is 1.99. The lowest BCUT2D eigenvalue weighted by atomic mass is 10.4. The Labute approximate surface area is 70.2 Å². The first kappa shape index (κ1) is 8.64. The number of thiazole rings is 1. The van der Waals surface area contributed by atoms with E-state index in [1.165, 1.54) is 4.88 Å². The summed E-state index contributed by atoms with van der Waals surface area (Å²) in [4.78, 5) is 5.44. The zero-order valence-electron chi connectivity index (χ0n) is 6.76. The van der Waals surface area contributed by atoms with Gasteiger partial charge in [0.05, 0.1) is 17.2 Å². The highest BCUT2D eigenvalue weighted by molar-refractivity contribution is 7.11. The number of nitrogens with two attached hydrogens (primary N) is 1. The van der Waals surface area contributed by atoms with E-state index in [1.807, 2.05) is 6.92 Å². The molecule has 2 N–H and O–H groups in total. The topological polar surface area (TPSA) is 48.1 Å². The summed E-state index contributed by atoms with van der Waals surface area (Å²) in [5.74, 6) is 0. The normalized spacial score (nSPS) is 10.5. The summed E-state index contributed by atoms with van der Waals surface area (Å²) < 4.78 is 5.00. The number of methoxy groups -OCH3 is 1. The van der Waals surface area contributed by atoms with E-state index in [0.29, 0.717) is 13.2 Å². The van der Waals surface area contributed by atoms with Gasteiger partial charge in [0.15, 0.2) is 0 Å². The molecular weight excluding hydrogens is 160 g/mol. The van der Waals surface area contributed by atoms with Crippen molar-refractivity contribution in [3.63, 3.8) is 0 Å². The summed E-state index contributed by atoms with van der Waals surface area (Å²) in [6.07, 6.45) is 0. The Morgan fingerprint density at radius 1 is 1.64 bits per heavy atom. The van der Waals surface area contributed by atoms with Crippen LogP contribution >= 0.6 is 11.3 Å². The summed E-state index contributed by atoms with van der Waals surface area (Å²) >= 11 is 1.62. The molecule has 0 fully saturated rings. The van der Waals surface area contributed by atoms with E-state index >= 15 is 0 Å². The van der Waals surface area contributed by atoms with Crippen LogP contribution in [0.3, 0.4) is 0 Å². The fraction of sp³-hybridized carbons (Fsp3) is 0.571. The smallest absolute Gasteiger partial charge is 0.107 e. The van der Waals surface area contributed by atoms with E-state index in [4.69, 9.17) is 10.5 Å². The van der Waals surface area contributed by atoms with Gasteiger partial charge in [-0.1, -0.05) is 0 Å². The van der Waals surface area contributed by atoms with Crippen LogP contribution in [0.25, 0.3) is 0 Å². The Kier molecular flexibility index (Phi) is 2.99. The molecule has 4 heteroatoms. The second-order valence-electron chi connectivity index (χ2n) is 2.25. The number of ether oxygens (including phenoxy) is 1. The molecule has 1 aromatic heterocycles. The van der Waals surface area contributed by atoms with Crippen LogP contribution in [-0.2, 0) is 17.9 Å². The molecule has 0 radical (unpaired) electrons. The number of hydrogen-bond donors (Lipinski definition) is 1. The number of aryl methyl sites for hydroxylation is 1. The van der Waals surface area contributed by atoms with Gasteiger partial charge in [0.2, 0.25) is 0 Å². The van der Waals surface area contributed by atoms with Gasteiger partial charge in [-0.2, -0.15) is 0 Å². The SMILES string of the molecule is COCc1sc(CN)nc1C. The Morgan fingerprint density at radius 3 is 2.82 bits per heavy atom. The fourth-order valence-corrected chi connectivity index (χ4v) is 1.76. The van der Waals surface area contributed by atoms with Crippen molar-refractivity contribution in [3.05, 3.63) is 15.6 Å². The number of nitrogens with zero attached hydrogens (tertiary/aromatic N) is 1. The Morgan fingerprint density at radius 2 is 2.36 bits per heavy atom. The van der Waals surface area contributed by atoms with Gasteiger partial charge >= 0.3 is 0 Å². The van der Waals surface area contributed by atoms with Crippen LogP contribution in [0.5, 0.6) is 0 Å². The predicted octanol–water partition coefficient (Wildman–Crippen LogP) is 1.06. The Hall–Kier alpha value is -0.450. The molecule has 0 atom stereocenters. The molecule has 0 aliphatic heterocycles. The lowest BCUT2D eigenvalue weighted by molar-refractivity contribution is 0.187. The molecule has 1 rings (SSSR count). The first-order valence-electron chi connectivity index (χ1n) is 3.42. The summed E-state index contributed by atoms with van der Waals surface area (Å²) in [6, 6.07) is 0. The minimum absolute atomic E-state index is 0.523. The van der Waals surface area contributed by atoms with Crippen LogP contribution in [0, 0.1) is 6.92 Å². The third-order valence-electron chi connectivity index (χ3n) is 1.39. The summed E-state index contributed by atoms with van der Waals surface area (Å²) in [6.45, 7) is 3.14. The van der Waals surface area contributed by atoms with Gasteiger partial charge in [-0.15, -0.1) is 11.3 Å². The highest BCUT2D eigenvalue weighted by atomic mass is 32.1.